The molecule has 2 heterocycles. The average Bonchev–Trinajstić information content (AvgIpc) is 3.05. The summed E-state index contributed by atoms with van der Waals surface area (Å²) in [4.78, 5) is 15.0. The average molecular weight is 326 g/mol. The molecule has 128 valence electrons. The Morgan fingerprint density at radius 1 is 1.21 bits per heavy atom. The Morgan fingerprint density at radius 2 is 1.96 bits per heavy atom. The van der Waals surface area contributed by atoms with Gasteiger partial charge in [0.15, 0.2) is 0 Å². The van der Waals surface area contributed by atoms with Gasteiger partial charge in [-0.05, 0) is 37.3 Å². The Bertz CT molecular complexity index is 646. The molecule has 2 aromatic rings. The number of aryl methyl sites for hydroxylation is 1. The summed E-state index contributed by atoms with van der Waals surface area (Å²) in [5, 5.41) is 7.74. The fourth-order valence-corrected chi connectivity index (χ4v) is 3.20. The van der Waals surface area contributed by atoms with Gasteiger partial charge in [0.25, 0.3) is 0 Å². The lowest BCUT2D eigenvalue weighted by atomic mass is 10.0. The van der Waals surface area contributed by atoms with E-state index in [1.807, 2.05) is 59.2 Å². The van der Waals surface area contributed by atoms with Gasteiger partial charge in [0, 0.05) is 25.8 Å². The van der Waals surface area contributed by atoms with Crippen LogP contribution in [0, 0.1) is 6.92 Å². The fourth-order valence-electron chi connectivity index (χ4n) is 3.20. The molecule has 0 spiro atoms. The molecule has 3 rings (SSSR count). The van der Waals surface area contributed by atoms with E-state index in [0.29, 0.717) is 6.54 Å². The predicted molar refractivity (Wildman–Crippen MR) is 94.6 cm³/mol. The Kier molecular flexibility index (Phi) is 5.64. The van der Waals surface area contributed by atoms with E-state index in [1.165, 1.54) is 6.42 Å². The van der Waals surface area contributed by atoms with Crippen LogP contribution in [-0.4, -0.2) is 40.2 Å². The Morgan fingerprint density at radius 3 is 2.62 bits per heavy atom. The minimum Gasteiger partial charge on any atom is -0.341 e. The molecule has 0 radical (unpaired) electrons. The van der Waals surface area contributed by atoms with Crippen molar-refractivity contribution in [1.29, 1.82) is 0 Å². The maximum absolute atomic E-state index is 13.0. The topological polar surface area (TPSA) is 50.2 Å². The molecule has 24 heavy (non-hydrogen) atoms. The lowest BCUT2D eigenvalue weighted by molar-refractivity contribution is -0.134. The van der Waals surface area contributed by atoms with Crippen LogP contribution in [-0.2, 0) is 11.3 Å². The number of amides is 1. The number of hydrogen-bond acceptors (Lipinski definition) is 3. The molecule has 5 heteroatoms. The number of hydrogen-bond donors (Lipinski definition) is 1. The number of carbonyl (C=O) groups excluding carboxylic acids is 1. The predicted octanol–water partition coefficient (Wildman–Crippen LogP) is 2.53. The lowest BCUT2D eigenvalue weighted by Gasteiger charge is -2.31. The van der Waals surface area contributed by atoms with Gasteiger partial charge in [0.05, 0.1) is 12.7 Å². The van der Waals surface area contributed by atoms with Crippen LogP contribution in [0.25, 0.3) is 0 Å². The third kappa shape index (κ3) is 4.23. The highest BCUT2D eigenvalue weighted by Gasteiger charge is 2.26. The molecule has 1 aliphatic heterocycles. The van der Waals surface area contributed by atoms with E-state index in [1.54, 1.807) is 0 Å². The highest BCUT2D eigenvalue weighted by Crippen LogP contribution is 2.19. The van der Waals surface area contributed by atoms with Crippen molar-refractivity contribution in [3.05, 3.63) is 53.9 Å². The molecule has 0 unspecified atom stereocenters. The third-order valence-electron chi connectivity index (χ3n) is 4.50. The van der Waals surface area contributed by atoms with E-state index in [2.05, 4.69) is 10.4 Å². The molecule has 0 aliphatic carbocycles. The molecular formula is C19H26N4O. The number of nitrogens with zero attached hydrogens (tertiary/aromatic N) is 3. The first-order valence-corrected chi connectivity index (χ1v) is 8.80. The molecule has 1 atom stereocenters. The number of likely N-dealkylation sites (tertiary alicyclic amines) is 1. The van der Waals surface area contributed by atoms with Crippen molar-refractivity contribution < 1.29 is 4.79 Å². The van der Waals surface area contributed by atoms with E-state index < -0.39 is 0 Å². The number of piperidine rings is 1. The van der Waals surface area contributed by atoms with Crippen LogP contribution < -0.4 is 5.32 Å². The molecule has 1 amide bonds. The quantitative estimate of drug-likeness (QED) is 0.887. The van der Waals surface area contributed by atoms with E-state index >= 15 is 0 Å². The summed E-state index contributed by atoms with van der Waals surface area (Å²) in [6, 6.07) is 9.74. The highest BCUT2D eigenvalue weighted by atomic mass is 16.2. The van der Waals surface area contributed by atoms with Crippen LogP contribution in [0.15, 0.2) is 42.7 Å². The van der Waals surface area contributed by atoms with Crippen LogP contribution in [0.1, 0.15) is 36.4 Å². The molecule has 1 fully saturated rings. The summed E-state index contributed by atoms with van der Waals surface area (Å²) < 4.78 is 1.91. The van der Waals surface area contributed by atoms with Crippen LogP contribution in [0.5, 0.6) is 0 Å². The minimum atomic E-state index is -0.277. The fraction of sp³-hybridized carbons (Fsp3) is 0.474. The van der Waals surface area contributed by atoms with Gasteiger partial charge in [-0.25, -0.2) is 0 Å². The zero-order valence-corrected chi connectivity index (χ0v) is 14.3. The van der Waals surface area contributed by atoms with Gasteiger partial charge >= 0.3 is 0 Å². The summed E-state index contributed by atoms with van der Waals surface area (Å²) in [7, 11) is 0. The first-order valence-electron chi connectivity index (χ1n) is 8.80. The van der Waals surface area contributed by atoms with Gasteiger partial charge in [-0.1, -0.05) is 30.3 Å². The zero-order valence-electron chi connectivity index (χ0n) is 14.3. The molecule has 1 aromatic carbocycles. The first-order chi connectivity index (χ1) is 11.7. The molecular weight excluding hydrogens is 300 g/mol. The van der Waals surface area contributed by atoms with Crippen molar-refractivity contribution in [3.8, 4) is 0 Å². The monoisotopic (exact) mass is 326 g/mol. The number of nitrogens with one attached hydrogen (secondary N) is 1. The third-order valence-corrected chi connectivity index (χ3v) is 4.50. The summed E-state index contributed by atoms with van der Waals surface area (Å²) in [6.07, 6.45) is 7.32. The summed E-state index contributed by atoms with van der Waals surface area (Å²) in [5.41, 5.74) is 2.18. The molecule has 1 aromatic heterocycles. The molecule has 1 aliphatic rings. The van der Waals surface area contributed by atoms with Crippen LogP contribution >= 0.6 is 0 Å². The Hall–Kier alpha value is -2.14. The summed E-state index contributed by atoms with van der Waals surface area (Å²) in [6.45, 7) is 5.25. The van der Waals surface area contributed by atoms with Gasteiger partial charge < -0.3 is 10.2 Å². The molecule has 5 nitrogen and oxygen atoms in total. The van der Waals surface area contributed by atoms with Gasteiger partial charge in [0.1, 0.15) is 6.04 Å². The van der Waals surface area contributed by atoms with Gasteiger partial charge in [-0.2, -0.15) is 5.10 Å². The van der Waals surface area contributed by atoms with Crippen molar-refractivity contribution in [2.24, 2.45) is 0 Å². The number of aromatic nitrogens is 2. The highest BCUT2D eigenvalue weighted by molar-refractivity contribution is 5.83. The minimum absolute atomic E-state index is 0.192. The van der Waals surface area contributed by atoms with Crippen molar-refractivity contribution >= 4 is 5.91 Å². The van der Waals surface area contributed by atoms with Gasteiger partial charge in [0.2, 0.25) is 5.91 Å². The SMILES string of the molecule is Cc1cnn(CCN[C@@H](C(=O)N2CCCCC2)c2ccccc2)c1. The zero-order chi connectivity index (χ0) is 16.8. The van der Waals surface area contributed by atoms with Crippen LogP contribution in [0.4, 0.5) is 0 Å². The van der Waals surface area contributed by atoms with Crippen LogP contribution in [0.3, 0.4) is 0 Å². The second-order valence-corrected chi connectivity index (χ2v) is 6.46. The van der Waals surface area contributed by atoms with Crippen molar-refractivity contribution in [1.82, 2.24) is 20.0 Å². The van der Waals surface area contributed by atoms with Crippen molar-refractivity contribution in [2.45, 2.75) is 38.8 Å². The van der Waals surface area contributed by atoms with E-state index in [4.69, 9.17) is 0 Å². The maximum atomic E-state index is 13.0. The smallest absolute Gasteiger partial charge is 0.244 e. The molecule has 1 saturated heterocycles. The number of rotatable bonds is 6. The molecule has 0 bridgehead atoms. The normalized spacial score (nSPS) is 16.1. The maximum Gasteiger partial charge on any atom is 0.244 e. The lowest BCUT2D eigenvalue weighted by Crippen LogP contribution is -2.44. The van der Waals surface area contributed by atoms with E-state index in [-0.39, 0.29) is 11.9 Å². The second kappa shape index (κ2) is 8.11. The van der Waals surface area contributed by atoms with Gasteiger partial charge in [-0.15, -0.1) is 0 Å². The van der Waals surface area contributed by atoms with Crippen LogP contribution in [0.2, 0.25) is 0 Å². The standard InChI is InChI=1S/C19H26N4O/c1-16-14-21-23(15-16)13-10-20-18(17-8-4-2-5-9-17)19(24)22-11-6-3-7-12-22/h2,4-5,8-9,14-15,18,20H,3,6-7,10-13H2,1H3/t18-/m1/s1. The van der Waals surface area contributed by atoms with Crippen molar-refractivity contribution in [2.75, 3.05) is 19.6 Å². The number of benzene rings is 1. The summed E-state index contributed by atoms with van der Waals surface area (Å²) in [5.74, 6) is 0.192. The Labute approximate surface area is 143 Å². The molecule has 0 saturated carbocycles. The van der Waals surface area contributed by atoms with Crippen molar-refractivity contribution in [3.63, 3.8) is 0 Å². The number of carbonyl (C=O) groups is 1. The largest absolute Gasteiger partial charge is 0.341 e. The van der Waals surface area contributed by atoms with E-state index in [0.717, 1.165) is 43.6 Å². The second-order valence-electron chi connectivity index (χ2n) is 6.46. The first kappa shape index (κ1) is 16.7. The van der Waals surface area contributed by atoms with E-state index in [9.17, 15) is 4.79 Å². The summed E-state index contributed by atoms with van der Waals surface area (Å²) >= 11 is 0. The Balaban J connectivity index is 1.66. The van der Waals surface area contributed by atoms with Gasteiger partial charge in [-0.3, -0.25) is 9.48 Å². The molecule has 1 N–H and O–H groups in total.